The van der Waals surface area contributed by atoms with Crippen LogP contribution < -0.4 is 10.6 Å². The number of hydrogen-bond acceptors (Lipinski definition) is 7. The molecule has 1 saturated heterocycles. The third-order valence-corrected chi connectivity index (χ3v) is 5.79. The minimum Gasteiger partial charge on any atom is -0.324 e. The SMILES string of the molecule is O=C1CCC(N2C(=O)c3cccc(NC(=O)Cn4cc(-c5cc(F)ccc5F)nn4)c3C2=O)C(=O)N1. The van der Waals surface area contributed by atoms with Crippen LogP contribution in [0.15, 0.2) is 42.6 Å². The van der Waals surface area contributed by atoms with Crippen molar-refractivity contribution in [3.05, 3.63) is 65.4 Å². The Hall–Kier alpha value is -4.81. The van der Waals surface area contributed by atoms with Crippen LogP contribution in [0.25, 0.3) is 11.3 Å². The molecule has 2 aliphatic rings. The fourth-order valence-electron chi connectivity index (χ4n) is 4.15. The number of carbonyl (C=O) groups excluding carboxylic acids is 5. The van der Waals surface area contributed by atoms with Crippen LogP contribution in [0.5, 0.6) is 0 Å². The molecule has 182 valence electrons. The minimum absolute atomic E-state index is 0.00162. The first-order valence-electron chi connectivity index (χ1n) is 10.7. The summed E-state index contributed by atoms with van der Waals surface area (Å²) < 4.78 is 28.6. The molecule has 0 aliphatic carbocycles. The van der Waals surface area contributed by atoms with E-state index in [4.69, 9.17) is 0 Å². The maximum absolute atomic E-state index is 14.0. The lowest BCUT2D eigenvalue weighted by Crippen LogP contribution is -2.54. The van der Waals surface area contributed by atoms with Crippen molar-refractivity contribution in [2.24, 2.45) is 0 Å². The molecule has 2 N–H and O–H groups in total. The van der Waals surface area contributed by atoms with Gasteiger partial charge >= 0.3 is 0 Å². The number of halogens is 2. The summed E-state index contributed by atoms with van der Waals surface area (Å²) in [4.78, 5) is 63.1. The second-order valence-electron chi connectivity index (χ2n) is 8.15. The number of benzene rings is 2. The summed E-state index contributed by atoms with van der Waals surface area (Å²) in [5.41, 5.74) is -0.141. The highest BCUT2D eigenvalue weighted by atomic mass is 19.1. The average Bonchev–Trinajstić information content (AvgIpc) is 3.39. The van der Waals surface area contributed by atoms with Crippen molar-refractivity contribution in [1.29, 1.82) is 0 Å². The van der Waals surface area contributed by atoms with Crippen LogP contribution in [0.3, 0.4) is 0 Å². The summed E-state index contributed by atoms with van der Waals surface area (Å²) in [6.45, 7) is -0.382. The van der Waals surface area contributed by atoms with Crippen LogP contribution in [0.4, 0.5) is 14.5 Å². The van der Waals surface area contributed by atoms with Crippen molar-refractivity contribution < 1.29 is 32.8 Å². The number of nitrogens with zero attached hydrogens (tertiary/aromatic N) is 4. The molecule has 0 saturated carbocycles. The van der Waals surface area contributed by atoms with E-state index < -0.39 is 47.2 Å². The molecular formula is C23H16F2N6O5. The minimum atomic E-state index is -1.14. The predicted molar refractivity (Wildman–Crippen MR) is 117 cm³/mol. The van der Waals surface area contributed by atoms with Crippen LogP contribution in [-0.4, -0.2) is 55.5 Å². The number of rotatable bonds is 5. The summed E-state index contributed by atoms with van der Waals surface area (Å²) in [6.07, 6.45) is 1.23. The molecular weight excluding hydrogens is 478 g/mol. The first-order chi connectivity index (χ1) is 17.2. The Kier molecular flexibility index (Phi) is 5.59. The van der Waals surface area contributed by atoms with Gasteiger partial charge in [-0.05, 0) is 36.8 Å². The molecule has 1 fully saturated rings. The van der Waals surface area contributed by atoms with E-state index in [-0.39, 0.29) is 47.5 Å². The Balaban J connectivity index is 1.34. The van der Waals surface area contributed by atoms with Gasteiger partial charge in [0.05, 0.1) is 23.0 Å². The van der Waals surface area contributed by atoms with Gasteiger partial charge in [-0.3, -0.25) is 34.2 Å². The second kappa shape index (κ2) is 8.76. The number of carbonyl (C=O) groups is 5. The van der Waals surface area contributed by atoms with Gasteiger partial charge in [-0.2, -0.15) is 0 Å². The van der Waals surface area contributed by atoms with E-state index >= 15 is 0 Å². The lowest BCUT2D eigenvalue weighted by atomic mass is 10.0. The quantitative estimate of drug-likeness (QED) is 0.509. The number of anilines is 1. The summed E-state index contributed by atoms with van der Waals surface area (Å²) in [5, 5.41) is 12.2. The van der Waals surface area contributed by atoms with E-state index in [2.05, 4.69) is 20.9 Å². The number of nitrogens with one attached hydrogen (secondary N) is 2. The van der Waals surface area contributed by atoms with E-state index in [1.54, 1.807) is 0 Å². The maximum Gasteiger partial charge on any atom is 0.264 e. The Bertz CT molecular complexity index is 1470. The monoisotopic (exact) mass is 494 g/mol. The molecule has 11 nitrogen and oxygen atoms in total. The summed E-state index contributed by atoms with van der Waals surface area (Å²) in [6, 6.07) is 6.00. The molecule has 13 heteroatoms. The first-order valence-corrected chi connectivity index (χ1v) is 10.7. The molecule has 1 atom stereocenters. The fourth-order valence-corrected chi connectivity index (χ4v) is 4.15. The average molecular weight is 494 g/mol. The Morgan fingerprint density at radius 2 is 1.89 bits per heavy atom. The number of piperidine rings is 1. The van der Waals surface area contributed by atoms with Gasteiger partial charge in [-0.1, -0.05) is 11.3 Å². The molecule has 2 aliphatic heterocycles. The van der Waals surface area contributed by atoms with Gasteiger partial charge in [0, 0.05) is 12.0 Å². The van der Waals surface area contributed by atoms with Crippen LogP contribution in [0, 0.1) is 11.6 Å². The van der Waals surface area contributed by atoms with Crippen LogP contribution in [0.2, 0.25) is 0 Å². The molecule has 0 spiro atoms. The molecule has 5 amide bonds. The lowest BCUT2D eigenvalue weighted by molar-refractivity contribution is -0.136. The predicted octanol–water partition coefficient (Wildman–Crippen LogP) is 1.26. The third-order valence-electron chi connectivity index (χ3n) is 5.79. The number of amides is 5. The molecule has 3 heterocycles. The molecule has 36 heavy (non-hydrogen) atoms. The van der Waals surface area contributed by atoms with Crippen molar-refractivity contribution >= 4 is 35.2 Å². The van der Waals surface area contributed by atoms with Gasteiger partial charge < -0.3 is 5.32 Å². The Labute approximate surface area is 201 Å². The van der Waals surface area contributed by atoms with Gasteiger partial charge in [0.25, 0.3) is 11.8 Å². The first kappa shape index (κ1) is 23.0. The lowest BCUT2D eigenvalue weighted by Gasteiger charge is -2.27. The molecule has 1 aromatic heterocycles. The van der Waals surface area contributed by atoms with Crippen molar-refractivity contribution in [3.63, 3.8) is 0 Å². The molecule has 0 radical (unpaired) electrons. The van der Waals surface area contributed by atoms with E-state index in [9.17, 15) is 32.8 Å². The van der Waals surface area contributed by atoms with Crippen molar-refractivity contribution in [3.8, 4) is 11.3 Å². The standard InChI is InChI=1S/C23H16F2N6O5/c24-11-4-5-14(25)13(8-11)16-9-30(29-28-16)10-19(33)26-15-3-1-2-12-20(15)23(36)31(22(12)35)17-6-7-18(32)27-21(17)34/h1-5,8-9,17H,6-7,10H2,(H,26,33)(H,27,32,34). The zero-order valence-corrected chi connectivity index (χ0v) is 18.3. The van der Waals surface area contributed by atoms with E-state index in [0.29, 0.717) is 0 Å². The normalized spacial score (nSPS) is 17.3. The van der Waals surface area contributed by atoms with E-state index in [1.165, 1.54) is 24.4 Å². The van der Waals surface area contributed by atoms with Gasteiger partial charge in [0.1, 0.15) is 29.9 Å². The Morgan fingerprint density at radius 1 is 1.08 bits per heavy atom. The summed E-state index contributed by atoms with van der Waals surface area (Å²) in [5.74, 6) is -4.73. The number of imide groups is 2. The maximum atomic E-state index is 14.0. The highest BCUT2D eigenvalue weighted by Gasteiger charge is 2.45. The zero-order chi connectivity index (χ0) is 25.6. The van der Waals surface area contributed by atoms with Crippen LogP contribution >= 0.6 is 0 Å². The smallest absolute Gasteiger partial charge is 0.264 e. The van der Waals surface area contributed by atoms with Gasteiger partial charge in [-0.25, -0.2) is 13.5 Å². The fraction of sp³-hybridized carbons (Fsp3) is 0.174. The van der Waals surface area contributed by atoms with Crippen molar-refractivity contribution in [2.45, 2.75) is 25.4 Å². The highest BCUT2D eigenvalue weighted by Crippen LogP contribution is 2.32. The van der Waals surface area contributed by atoms with Gasteiger partial charge in [0.15, 0.2) is 0 Å². The van der Waals surface area contributed by atoms with Crippen LogP contribution in [-0.2, 0) is 20.9 Å². The van der Waals surface area contributed by atoms with Gasteiger partial charge in [0.2, 0.25) is 17.7 Å². The third kappa shape index (κ3) is 4.00. The molecule has 2 aromatic carbocycles. The largest absolute Gasteiger partial charge is 0.324 e. The van der Waals surface area contributed by atoms with E-state index in [0.717, 1.165) is 27.8 Å². The number of hydrogen-bond donors (Lipinski definition) is 2. The summed E-state index contributed by atoms with van der Waals surface area (Å²) >= 11 is 0. The van der Waals surface area contributed by atoms with Crippen molar-refractivity contribution in [1.82, 2.24) is 25.2 Å². The zero-order valence-electron chi connectivity index (χ0n) is 18.3. The van der Waals surface area contributed by atoms with Gasteiger partial charge in [-0.15, -0.1) is 5.10 Å². The molecule has 5 rings (SSSR count). The van der Waals surface area contributed by atoms with Crippen LogP contribution in [0.1, 0.15) is 33.6 Å². The number of fused-ring (bicyclic) bond motifs is 1. The topological polar surface area (TPSA) is 143 Å². The second-order valence-corrected chi connectivity index (χ2v) is 8.15. The number of aromatic nitrogens is 3. The van der Waals surface area contributed by atoms with E-state index in [1.807, 2.05) is 0 Å². The summed E-state index contributed by atoms with van der Waals surface area (Å²) in [7, 11) is 0. The van der Waals surface area contributed by atoms with Crippen molar-refractivity contribution in [2.75, 3.05) is 5.32 Å². The molecule has 3 aromatic rings. The highest BCUT2D eigenvalue weighted by molar-refractivity contribution is 6.26. The Morgan fingerprint density at radius 3 is 2.67 bits per heavy atom. The molecule has 0 bridgehead atoms. The molecule has 1 unspecified atom stereocenters.